The first-order chi connectivity index (χ1) is 23.0. The van der Waals surface area contributed by atoms with Crippen molar-refractivity contribution >= 4 is 51.2 Å². The van der Waals surface area contributed by atoms with Crippen LogP contribution in [-0.4, -0.2) is 99.3 Å². The fourth-order valence-corrected chi connectivity index (χ4v) is 7.65. The van der Waals surface area contributed by atoms with Gasteiger partial charge in [0.05, 0.1) is 23.0 Å². The summed E-state index contributed by atoms with van der Waals surface area (Å²) in [6, 6.07) is 12.0. The fraction of sp³-hybridized carbons (Fsp3) is 0.382. The molecule has 13 nitrogen and oxygen atoms in total. The van der Waals surface area contributed by atoms with Gasteiger partial charge in [-0.15, -0.1) is 0 Å². The molecule has 1 unspecified atom stereocenters. The number of amides is 5. The molecule has 1 aromatic heterocycles. The fourth-order valence-electron chi connectivity index (χ4n) is 7.18. The average Bonchev–Trinajstić information content (AvgIpc) is 3.29. The number of benzene rings is 2. The molecule has 0 spiro atoms. The number of likely N-dealkylation sites (tertiary alicyclic amines) is 2. The number of halogens is 1. The molecule has 7 rings (SSSR count). The number of carbonyl (C=O) groups is 5. The number of nitrogens with zero attached hydrogens (tertiary/aromatic N) is 5. The largest absolute Gasteiger partial charge is 0.379 e. The number of aromatic nitrogens is 2. The summed E-state index contributed by atoms with van der Waals surface area (Å²) in [5, 5.41) is 9.81. The maximum absolute atomic E-state index is 13.3. The summed E-state index contributed by atoms with van der Waals surface area (Å²) in [4.78, 5) is 80.8. The van der Waals surface area contributed by atoms with Gasteiger partial charge in [0.15, 0.2) is 0 Å². The second kappa shape index (κ2) is 12.4. The minimum absolute atomic E-state index is 0.00772. The highest BCUT2D eigenvalue weighted by atomic mass is 79.9. The number of hydrogen-bond acceptors (Lipinski definition) is 9. The summed E-state index contributed by atoms with van der Waals surface area (Å²) in [6.45, 7) is 2.64. The zero-order chi connectivity index (χ0) is 33.9. The lowest BCUT2D eigenvalue weighted by Gasteiger charge is -2.40. The maximum Gasteiger partial charge on any atom is 0.282 e. The molecule has 0 aliphatic carbocycles. The van der Waals surface area contributed by atoms with E-state index in [4.69, 9.17) is 0 Å². The van der Waals surface area contributed by atoms with E-state index in [0.717, 1.165) is 35.5 Å². The van der Waals surface area contributed by atoms with Gasteiger partial charge in [-0.05, 0) is 77.1 Å². The van der Waals surface area contributed by atoms with Crippen molar-refractivity contribution in [3.05, 3.63) is 91.3 Å². The van der Waals surface area contributed by atoms with Gasteiger partial charge in [0, 0.05) is 57.2 Å². The van der Waals surface area contributed by atoms with Gasteiger partial charge in [0.1, 0.15) is 10.5 Å². The summed E-state index contributed by atoms with van der Waals surface area (Å²) >= 11 is 3.40. The van der Waals surface area contributed by atoms with Crippen LogP contribution in [0.25, 0.3) is 0 Å². The number of imide groups is 2. The second-order valence-corrected chi connectivity index (χ2v) is 13.9. The molecular formula is C34H34BrN7O6. The van der Waals surface area contributed by atoms with Crippen LogP contribution in [0.3, 0.4) is 0 Å². The minimum atomic E-state index is -1.01. The third-order valence-corrected chi connectivity index (χ3v) is 10.6. The van der Waals surface area contributed by atoms with Gasteiger partial charge < -0.3 is 15.1 Å². The van der Waals surface area contributed by atoms with Crippen molar-refractivity contribution in [1.82, 2.24) is 29.8 Å². The topological polar surface area (TPSA) is 154 Å². The number of anilines is 1. The third-order valence-electron chi connectivity index (χ3n) is 9.80. The molecule has 48 heavy (non-hydrogen) atoms. The van der Waals surface area contributed by atoms with E-state index in [2.05, 4.69) is 43.6 Å². The molecule has 14 heteroatoms. The molecule has 0 radical (unpaired) electrons. The smallest absolute Gasteiger partial charge is 0.282 e. The first kappa shape index (κ1) is 31.9. The lowest BCUT2D eigenvalue weighted by Crippen LogP contribution is -2.54. The number of likely N-dealkylation sites (N-methyl/N-ethyl adjacent to an activating group) is 1. The van der Waals surface area contributed by atoms with Crippen LogP contribution in [0.1, 0.15) is 73.3 Å². The molecule has 3 fully saturated rings. The normalized spacial score (nSPS) is 23.2. The molecule has 3 aromatic rings. The highest BCUT2D eigenvalue weighted by molar-refractivity contribution is 9.10. The third kappa shape index (κ3) is 5.72. The lowest BCUT2D eigenvalue weighted by molar-refractivity contribution is -0.136. The van der Waals surface area contributed by atoms with E-state index < -0.39 is 29.7 Å². The number of fused-ring (bicyclic) bond motifs is 1. The zero-order valence-electron chi connectivity index (χ0n) is 26.4. The molecule has 248 valence electrons. The Bertz CT molecular complexity index is 1920. The van der Waals surface area contributed by atoms with Gasteiger partial charge >= 0.3 is 0 Å². The molecule has 0 bridgehead atoms. The highest BCUT2D eigenvalue weighted by Gasteiger charge is 2.45. The molecule has 3 atom stereocenters. The molecule has 5 amide bonds. The van der Waals surface area contributed by atoms with E-state index in [-0.39, 0.29) is 53.3 Å². The maximum atomic E-state index is 13.3. The van der Waals surface area contributed by atoms with E-state index in [1.807, 2.05) is 24.3 Å². The number of piperidine rings is 2. The van der Waals surface area contributed by atoms with Crippen LogP contribution >= 0.6 is 15.9 Å². The number of hydrogen-bond donors (Lipinski definition) is 2. The van der Waals surface area contributed by atoms with Crippen LogP contribution in [0.4, 0.5) is 5.69 Å². The monoisotopic (exact) mass is 715 g/mol. The molecule has 5 heterocycles. The Morgan fingerprint density at radius 1 is 0.896 bits per heavy atom. The van der Waals surface area contributed by atoms with E-state index in [1.54, 1.807) is 36.3 Å². The van der Waals surface area contributed by atoms with Crippen LogP contribution in [0, 0.1) is 0 Å². The quantitative estimate of drug-likeness (QED) is 0.365. The Kier molecular flexibility index (Phi) is 8.24. The van der Waals surface area contributed by atoms with Gasteiger partial charge in [0.25, 0.3) is 23.3 Å². The average molecular weight is 717 g/mol. The van der Waals surface area contributed by atoms with Gasteiger partial charge in [0.2, 0.25) is 11.8 Å². The lowest BCUT2D eigenvalue weighted by atomic mass is 9.87. The Hall–Kier alpha value is -4.69. The van der Waals surface area contributed by atoms with Crippen LogP contribution in [0.15, 0.2) is 57.9 Å². The SMILES string of the molecule is CN1C[C@H](Nc2cnn(C)c(=O)c2Br)C[C@H](c2ccc(C(=O)N3CC(c4ccc5c(c4)C(=O)N(C4CCC(=O)NC4=O)C5=O)C3)cc2)C1. The van der Waals surface area contributed by atoms with Gasteiger partial charge in [-0.3, -0.25) is 39.0 Å². The number of aryl methyl sites for hydroxylation is 1. The van der Waals surface area contributed by atoms with Gasteiger partial charge in [-0.2, -0.15) is 5.10 Å². The zero-order valence-corrected chi connectivity index (χ0v) is 28.0. The summed E-state index contributed by atoms with van der Waals surface area (Å²) in [5.41, 5.74) is 3.53. The number of carbonyl (C=O) groups excluding carboxylic acids is 5. The molecule has 3 saturated heterocycles. The predicted octanol–water partition coefficient (Wildman–Crippen LogP) is 2.08. The second-order valence-electron chi connectivity index (χ2n) is 13.1. The van der Waals surface area contributed by atoms with Gasteiger partial charge in [-0.1, -0.05) is 18.2 Å². The van der Waals surface area contributed by atoms with E-state index >= 15 is 0 Å². The standard InChI is InChI=1S/C34H34BrN7O6/c1-39-14-21(11-23(17-39)37-26-13-36-40(2)34(48)29(26)35)18-3-5-19(6-4-18)31(45)41-15-22(16-41)20-7-8-24-25(12-20)33(47)42(32(24)46)27-9-10-28(43)38-30(27)44/h3-8,12-13,21-23,27,37H,9-11,14-17H2,1-2H3,(H,38,43,44)/t21-,23+,27?/m0/s1. The molecular weight excluding hydrogens is 682 g/mol. The Labute approximate surface area is 284 Å². The summed E-state index contributed by atoms with van der Waals surface area (Å²) in [5.74, 6) is -1.97. The van der Waals surface area contributed by atoms with Crippen molar-refractivity contribution in [3.8, 4) is 0 Å². The molecule has 4 aliphatic rings. The van der Waals surface area contributed by atoms with Gasteiger partial charge in [-0.25, -0.2) is 4.68 Å². The van der Waals surface area contributed by atoms with Crippen molar-refractivity contribution < 1.29 is 24.0 Å². The summed E-state index contributed by atoms with van der Waals surface area (Å²) < 4.78 is 1.74. The Balaban J connectivity index is 0.970. The van der Waals surface area contributed by atoms with Crippen molar-refractivity contribution in [2.45, 2.75) is 43.2 Å². The Morgan fingerprint density at radius 3 is 2.33 bits per heavy atom. The molecule has 4 aliphatic heterocycles. The first-order valence-corrected chi connectivity index (χ1v) is 16.7. The summed E-state index contributed by atoms with van der Waals surface area (Å²) in [6.07, 6.45) is 2.67. The number of rotatable bonds is 6. The van der Waals surface area contributed by atoms with Crippen molar-refractivity contribution in [1.29, 1.82) is 0 Å². The van der Waals surface area contributed by atoms with Crippen LogP contribution < -0.4 is 16.2 Å². The first-order valence-electron chi connectivity index (χ1n) is 15.9. The van der Waals surface area contributed by atoms with Crippen LogP contribution in [0.5, 0.6) is 0 Å². The van der Waals surface area contributed by atoms with E-state index in [9.17, 15) is 28.8 Å². The van der Waals surface area contributed by atoms with Crippen LogP contribution in [-0.2, 0) is 16.6 Å². The van der Waals surface area contributed by atoms with Crippen molar-refractivity contribution in [2.75, 3.05) is 38.5 Å². The minimum Gasteiger partial charge on any atom is -0.379 e. The van der Waals surface area contributed by atoms with Crippen molar-refractivity contribution in [2.24, 2.45) is 7.05 Å². The molecule has 0 saturated carbocycles. The molecule has 2 aromatic carbocycles. The van der Waals surface area contributed by atoms with E-state index in [1.165, 1.54) is 4.68 Å². The molecule has 2 N–H and O–H groups in total. The highest BCUT2D eigenvalue weighted by Crippen LogP contribution is 2.34. The summed E-state index contributed by atoms with van der Waals surface area (Å²) in [7, 11) is 3.68. The van der Waals surface area contributed by atoms with Crippen LogP contribution in [0.2, 0.25) is 0 Å². The Morgan fingerprint density at radius 2 is 1.60 bits per heavy atom. The van der Waals surface area contributed by atoms with Crippen molar-refractivity contribution in [3.63, 3.8) is 0 Å². The predicted molar refractivity (Wildman–Crippen MR) is 178 cm³/mol. The number of nitrogens with one attached hydrogen (secondary N) is 2. The van der Waals surface area contributed by atoms with E-state index in [0.29, 0.717) is 28.8 Å².